The van der Waals surface area contributed by atoms with Crippen LogP contribution in [0, 0.1) is 10.8 Å². The predicted molar refractivity (Wildman–Crippen MR) is 122 cm³/mol. The second kappa shape index (κ2) is 8.61. The number of carboxylic acid groups (broad SMARTS) is 1. The molecule has 0 aromatic heterocycles. The summed E-state index contributed by atoms with van der Waals surface area (Å²) < 4.78 is 22.7. The van der Waals surface area contributed by atoms with Crippen LogP contribution in [0.1, 0.15) is 55.5 Å². The van der Waals surface area contributed by atoms with Gasteiger partial charge in [-0.2, -0.15) is 0 Å². The Balaban J connectivity index is 1.65. The molecule has 0 unspecified atom stereocenters. The van der Waals surface area contributed by atoms with Gasteiger partial charge in [-0.25, -0.2) is 4.79 Å². The van der Waals surface area contributed by atoms with E-state index in [0.29, 0.717) is 29.4 Å². The fourth-order valence-electron chi connectivity index (χ4n) is 4.83. The number of aliphatic carboxylic acids is 1. The number of benzene rings is 2. The molecule has 0 amide bonds. The molecule has 4 rings (SSSR count). The van der Waals surface area contributed by atoms with E-state index in [0.717, 1.165) is 36.0 Å². The van der Waals surface area contributed by atoms with Gasteiger partial charge in [-0.3, -0.25) is 4.79 Å². The number of carboxylic acids is 1. The molecule has 2 aromatic rings. The van der Waals surface area contributed by atoms with Crippen molar-refractivity contribution in [3.05, 3.63) is 41.5 Å². The van der Waals surface area contributed by atoms with Gasteiger partial charge in [-0.05, 0) is 54.5 Å². The molecule has 7 heteroatoms. The molecular formula is C26H30O7. The lowest BCUT2D eigenvalue weighted by Crippen LogP contribution is -2.25. The minimum atomic E-state index is -0.785. The maximum absolute atomic E-state index is 11.8. The lowest BCUT2D eigenvalue weighted by atomic mass is 9.78. The summed E-state index contributed by atoms with van der Waals surface area (Å²) >= 11 is 0. The molecule has 1 fully saturated rings. The molecule has 176 valence electrons. The fourth-order valence-corrected chi connectivity index (χ4v) is 4.83. The average molecular weight is 455 g/mol. The third kappa shape index (κ3) is 4.77. The third-order valence-electron chi connectivity index (χ3n) is 6.46. The van der Waals surface area contributed by atoms with E-state index in [9.17, 15) is 14.7 Å². The van der Waals surface area contributed by atoms with E-state index in [4.69, 9.17) is 18.9 Å². The van der Waals surface area contributed by atoms with Crippen LogP contribution in [0.3, 0.4) is 0 Å². The molecule has 1 heterocycles. The number of rotatable bonds is 10. The molecule has 0 saturated heterocycles. The number of cyclic esters (lactones) is 1. The highest BCUT2D eigenvalue weighted by Gasteiger charge is 2.47. The monoisotopic (exact) mass is 454 g/mol. The van der Waals surface area contributed by atoms with Crippen molar-refractivity contribution in [1.29, 1.82) is 0 Å². The van der Waals surface area contributed by atoms with Gasteiger partial charge < -0.3 is 24.1 Å². The van der Waals surface area contributed by atoms with Crippen molar-refractivity contribution in [2.75, 3.05) is 20.8 Å². The Labute approximate surface area is 193 Å². The summed E-state index contributed by atoms with van der Waals surface area (Å²) in [6.07, 6.45) is 2.89. The van der Waals surface area contributed by atoms with E-state index in [2.05, 4.69) is 0 Å². The van der Waals surface area contributed by atoms with Crippen LogP contribution < -0.4 is 14.2 Å². The summed E-state index contributed by atoms with van der Waals surface area (Å²) in [6, 6.07) is 9.35. The molecular weight excluding hydrogens is 424 g/mol. The Morgan fingerprint density at radius 3 is 2.45 bits per heavy atom. The van der Waals surface area contributed by atoms with E-state index in [1.807, 2.05) is 38.1 Å². The number of esters is 1. The molecule has 1 aliphatic carbocycles. The van der Waals surface area contributed by atoms with E-state index >= 15 is 0 Å². The molecule has 2 aliphatic rings. The standard InChI is InChI=1S/C26H30O7/c1-25(2,12-21(27)28)14-26(9-10-26)15-33-22-18(7-8-20(30-3)23(22)31-4)16-5-6-19-17(11-16)13-32-24(19)29/h5-8,11H,9-10,12-15H2,1-4H3,(H,27,28). The second-order valence-electron chi connectivity index (χ2n) is 9.83. The largest absolute Gasteiger partial charge is 0.493 e. The van der Waals surface area contributed by atoms with Crippen molar-refractivity contribution in [2.24, 2.45) is 10.8 Å². The molecule has 1 N–H and O–H groups in total. The van der Waals surface area contributed by atoms with Crippen molar-refractivity contribution >= 4 is 11.9 Å². The maximum Gasteiger partial charge on any atom is 0.338 e. The Bertz CT molecular complexity index is 1080. The topological polar surface area (TPSA) is 91.3 Å². The van der Waals surface area contributed by atoms with Gasteiger partial charge in [0.15, 0.2) is 11.5 Å². The third-order valence-corrected chi connectivity index (χ3v) is 6.46. The highest BCUT2D eigenvalue weighted by atomic mass is 16.5. The second-order valence-corrected chi connectivity index (χ2v) is 9.83. The lowest BCUT2D eigenvalue weighted by molar-refractivity contribution is -0.139. The Hall–Kier alpha value is -3.22. The van der Waals surface area contributed by atoms with Crippen molar-refractivity contribution in [1.82, 2.24) is 0 Å². The van der Waals surface area contributed by atoms with Crippen LogP contribution in [0.25, 0.3) is 11.1 Å². The molecule has 0 radical (unpaired) electrons. The van der Waals surface area contributed by atoms with Crippen LogP contribution in [-0.2, 0) is 16.1 Å². The summed E-state index contributed by atoms with van der Waals surface area (Å²) in [4.78, 5) is 23.1. The first kappa shape index (κ1) is 23.0. The highest BCUT2D eigenvalue weighted by Crippen LogP contribution is 2.55. The smallest absolute Gasteiger partial charge is 0.338 e. The zero-order valence-electron chi connectivity index (χ0n) is 19.5. The molecule has 33 heavy (non-hydrogen) atoms. The summed E-state index contributed by atoms with van der Waals surface area (Å²) in [7, 11) is 3.16. The van der Waals surface area contributed by atoms with Crippen molar-refractivity contribution < 1.29 is 33.6 Å². The van der Waals surface area contributed by atoms with Gasteiger partial charge in [-0.1, -0.05) is 19.9 Å². The number of ether oxygens (including phenoxy) is 4. The Kier molecular flexibility index (Phi) is 5.99. The van der Waals surface area contributed by atoms with E-state index in [-0.39, 0.29) is 29.8 Å². The van der Waals surface area contributed by atoms with Gasteiger partial charge in [0.05, 0.1) is 32.8 Å². The van der Waals surface area contributed by atoms with Crippen LogP contribution in [-0.4, -0.2) is 37.9 Å². The minimum Gasteiger partial charge on any atom is -0.493 e. The van der Waals surface area contributed by atoms with Crippen molar-refractivity contribution in [3.8, 4) is 28.4 Å². The van der Waals surface area contributed by atoms with E-state index < -0.39 is 5.97 Å². The Morgan fingerprint density at radius 2 is 1.82 bits per heavy atom. The predicted octanol–water partition coefficient (Wildman–Crippen LogP) is 5.09. The van der Waals surface area contributed by atoms with Crippen LogP contribution in [0.5, 0.6) is 17.2 Å². The van der Waals surface area contributed by atoms with Gasteiger partial charge >= 0.3 is 11.9 Å². The number of fused-ring (bicyclic) bond motifs is 1. The molecule has 1 aliphatic heterocycles. The van der Waals surface area contributed by atoms with Gasteiger partial charge in [0.2, 0.25) is 5.75 Å². The first-order valence-electron chi connectivity index (χ1n) is 11.1. The van der Waals surface area contributed by atoms with E-state index in [1.54, 1.807) is 20.3 Å². The molecule has 1 saturated carbocycles. The molecule has 0 bridgehead atoms. The zero-order valence-corrected chi connectivity index (χ0v) is 19.5. The van der Waals surface area contributed by atoms with Gasteiger partial charge in [-0.15, -0.1) is 0 Å². The lowest BCUT2D eigenvalue weighted by Gasteiger charge is -2.29. The first-order valence-corrected chi connectivity index (χ1v) is 11.1. The molecule has 2 aromatic carbocycles. The van der Waals surface area contributed by atoms with Crippen LogP contribution >= 0.6 is 0 Å². The van der Waals surface area contributed by atoms with Crippen LogP contribution in [0.4, 0.5) is 0 Å². The summed E-state index contributed by atoms with van der Waals surface area (Å²) in [5.41, 5.74) is 2.77. The van der Waals surface area contributed by atoms with Gasteiger partial charge in [0, 0.05) is 16.5 Å². The number of methoxy groups -OCH3 is 2. The number of carbonyl (C=O) groups is 2. The molecule has 7 nitrogen and oxygen atoms in total. The van der Waals surface area contributed by atoms with Crippen LogP contribution in [0.2, 0.25) is 0 Å². The molecule has 0 spiro atoms. The highest BCUT2D eigenvalue weighted by molar-refractivity contribution is 5.94. The maximum atomic E-state index is 11.8. The SMILES string of the molecule is COc1ccc(-c2ccc3c(c2)COC3=O)c(OCC2(CC(C)(C)CC(=O)O)CC2)c1OC. The number of hydrogen-bond acceptors (Lipinski definition) is 6. The number of carbonyl (C=O) groups excluding carboxylic acids is 1. The van der Waals surface area contributed by atoms with Gasteiger partial charge in [0.1, 0.15) is 6.61 Å². The fraction of sp³-hybridized carbons (Fsp3) is 0.462. The molecule has 0 atom stereocenters. The zero-order chi connectivity index (χ0) is 23.8. The minimum absolute atomic E-state index is 0.0531. The summed E-state index contributed by atoms with van der Waals surface area (Å²) in [5.74, 6) is 0.548. The van der Waals surface area contributed by atoms with Crippen LogP contribution in [0.15, 0.2) is 30.3 Å². The normalized spacial score (nSPS) is 16.1. The Morgan fingerprint density at radius 1 is 1.09 bits per heavy atom. The first-order chi connectivity index (χ1) is 15.7. The van der Waals surface area contributed by atoms with Crippen molar-refractivity contribution in [3.63, 3.8) is 0 Å². The quantitative estimate of drug-likeness (QED) is 0.500. The van der Waals surface area contributed by atoms with Crippen molar-refractivity contribution in [2.45, 2.75) is 46.1 Å². The average Bonchev–Trinajstić information content (AvgIpc) is 3.42. The van der Waals surface area contributed by atoms with Gasteiger partial charge in [0.25, 0.3) is 0 Å². The van der Waals surface area contributed by atoms with E-state index in [1.165, 1.54) is 0 Å². The number of hydrogen-bond donors (Lipinski definition) is 1. The summed E-state index contributed by atoms with van der Waals surface area (Å²) in [6.45, 7) is 4.70. The summed E-state index contributed by atoms with van der Waals surface area (Å²) in [5, 5.41) is 9.25.